The summed E-state index contributed by atoms with van der Waals surface area (Å²) in [6.07, 6.45) is -0.741. The van der Waals surface area contributed by atoms with Crippen LogP contribution in [0.3, 0.4) is 0 Å². The number of alkyl halides is 3. The van der Waals surface area contributed by atoms with E-state index in [9.17, 15) is 27.9 Å². The number of pyridine rings is 1. The summed E-state index contributed by atoms with van der Waals surface area (Å²) < 4.78 is 42.2. The van der Waals surface area contributed by atoms with Gasteiger partial charge in [0.15, 0.2) is 0 Å². The first-order valence-electron chi connectivity index (χ1n) is 10.1. The van der Waals surface area contributed by atoms with Crippen LogP contribution in [0.25, 0.3) is 16.9 Å². The second-order valence-corrected chi connectivity index (χ2v) is 7.52. The molecule has 1 aromatic carbocycles. The number of amides is 1. The number of carbonyl (C=O) groups is 1. The average Bonchev–Trinajstić information content (AvgIpc) is 3.18. The molecule has 11 heteroatoms. The van der Waals surface area contributed by atoms with Crippen LogP contribution in [0.15, 0.2) is 59.7 Å². The van der Waals surface area contributed by atoms with Gasteiger partial charge in [0.1, 0.15) is 11.3 Å². The first-order valence-corrected chi connectivity index (χ1v) is 10.1. The molecule has 1 saturated carbocycles. The van der Waals surface area contributed by atoms with E-state index in [0.717, 1.165) is 23.2 Å². The van der Waals surface area contributed by atoms with Gasteiger partial charge in [-0.05, 0) is 61.7 Å². The third kappa shape index (κ3) is 5.20. The lowest BCUT2D eigenvalue weighted by atomic mass is 10.1. The molecular weight excluding hydrogens is 441 g/mol. The van der Waals surface area contributed by atoms with Gasteiger partial charge in [0.25, 0.3) is 11.5 Å². The number of rotatable bonds is 5. The number of aromatic nitrogens is 3. The largest absolute Gasteiger partial charge is 0.573 e. The zero-order valence-corrected chi connectivity index (χ0v) is 17.1. The Hall–Kier alpha value is -3.73. The second-order valence-electron chi connectivity index (χ2n) is 7.52. The van der Waals surface area contributed by atoms with E-state index in [1.165, 1.54) is 30.6 Å². The van der Waals surface area contributed by atoms with E-state index in [1.54, 1.807) is 12.1 Å². The van der Waals surface area contributed by atoms with Crippen LogP contribution in [0.5, 0.6) is 5.75 Å². The number of hydrogen-bond acceptors (Lipinski definition) is 6. The molecule has 172 valence electrons. The van der Waals surface area contributed by atoms with Gasteiger partial charge in [-0.3, -0.25) is 14.6 Å². The van der Waals surface area contributed by atoms with Gasteiger partial charge in [0.2, 0.25) is 0 Å². The summed E-state index contributed by atoms with van der Waals surface area (Å²) in [5.41, 5.74) is -0.0880. The molecule has 2 heterocycles. The van der Waals surface area contributed by atoms with Gasteiger partial charge in [-0.25, -0.2) is 0 Å². The maximum Gasteiger partial charge on any atom is 0.573 e. The molecular formula is C22H19F3N4O4. The van der Waals surface area contributed by atoms with Gasteiger partial charge >= 0.3 is 6.36 Å². The van der Waals surface area contributed by atoms with E-state index < -0.39 is 35.7 Å². The molecule has 8 nitrogen and oxygen atoms in total. The molecule has 3 aromatic rings. The molecule has 4 rings (SSSR count). The highest BCUT2D eigenvalue weighted by Crippen LogP contribution is 2.26. The van der Waals surface area contributed by atoms with Crippen molar-refractivity contribution in [2.75, 3.05) is 0 Å². The van der Waals surface area contributed by atoms with Crippen LogP contribution in [0, 0.1) is 0 Å². The van der Waals surface area contributed by atoms with Crippen molar-refractivity contribution in [1.29, 1.82) is 0 Å². The summed E-state index contributed by atoms with van der Waals surface area (Å²) in [5.74, 6) is -1.09. The summed E-state index contributed by atoms with van der Waals surface area (Å²) in [5, 5.41) is 17.0. The van der Waals surface area contributed by atoms with Crippen molar-refractivity contribution in [2.45, 2.75) is 37.8 Å². The highest BCUT2D eigenvalue weighted by atomic mass is 19.4. The van der Waals surface area contributed by atoms with Crippen LogP contribution in [0.2, 0.25) is 0 Å². The van der Waals surface area contributed by atoms with Crippen molar-refractivity contribution >= 4 is 5.91 Å². The van der Waals surface area contributed by atoms with Crippen LogP contribution in [-0.2, 0) is 0 Å². The molecule has 33 heavy (non-hydrogen) atoms. The maximum absolute atomic E-state index is 13.1. The number of aliphatic hydroxyl groups excluding tert-OH is 1. The van der Waals surface area contributed by atoms with Gasteiger partial charge in [-0.1, -0.05) is 0 Å². The molecule has 1 amide bonds. The van der Waals surface area contributed by atoms with Crippen LogP contribution in [0.1, 0.15) is 29.6 Å². The number of carbonyl (C=O) groups excluding carboxylic acids is 1. The Morgan fingerprint density at radius 1 is 1.18 bits per heavy atom. The number of aliphatic hydroxyl groups is 1. The number of hydrogen-bond donors (Lipinski definition) is 2. The fourth-order valence-electron chi connectivity index (χ4n) is 3.63. The van der Waals surface area contributed by atoms with E-state index in [0.29, 0.717) is 24.1 Å². The number of nitrogens with zero attached hydrogens (tertiary/aromatic N) is 3. The summed E-state index contributed by atoms with van der Waals surface area (Å²) in [4.78, 5) is 29.9. The topological polar surface area (TPSA) is 106 Å². The first kappa shape index (κ1) is 22.5. The highest BCUT2D eigenvalue weighted by molar-refractivity contribution is 5.95. The molecule has 1 fully saturated rings. The van der Waals surface area contributed by atoms with E-state index >= 15 is 0 Å². The number of halogens is 3. The maximum atomic E-state index is 13.1. The third-order valence-corrected chi connectivity index (χ3v) is 5.23. The van der Waals surface area contributed by atoms with E-state index in [2.05, 4.69) is 20.1 Å². The van der Waals surface area contributed by atoms with Crippen LogP contribution in [-0.4, -0.2) is 44.3 Å². The number of nitrogens with one attached hydrogen (secondary N) is 1. The second kappa shape index (κ2) is 9.02. The first-order chi connectivity index (χ1) is 15.7. The van der Waals surface area contributed by atoms with Gasteiger partial charge in [-0.2, -0.15) is 9.78 Å². The standard InChI is InChI=1S/C22H19F3N4O4/c23-22(24,25)33-15-8-6-13(7-9-15)18-11-16(20(31)27-17-4-1-5-19(17)30)21(32)29(28-18)14-3-2-10-26-12-14/h2-3,6-12,17,19,30H,1,4-5H2,(H,27,31). The lowest BCUT2D eigenvalue weighted by Crippen LogP contribution is -2.42. The minimum Gasteiger partial charge on any atom is -0.406 e. The lowest BCUT2D eigenvalue weighted by Gasteiger charge is -2.17. The van der Waals surface area contributed by atoms with Crippen molar-refractivity contribution in [3.8, 4) is 22.7 Å². The van der Waals surface area contributed by atoms with Gasteiger partial charge in [0.05, 0.1) is 29.7 Å². The van der Waals surface area contributed by atoms with Gasteiger partial charge in [0, 0.05) is 11.8 Å². The summed E-state index contributed by atoms with van der Waals surface area (Å²) in [7, 11) is 0. The predicted octanol–water partition coefficient (Wildman–Crippen LogP) is 2.84. The monoisotopic (exact) mass is 460 g/mol. The Balaban J connectivity index is 1.75. The van der Waals surface area contributed by atoms with Crippen LogP contribution in [0.4, 0.5) is 13.2 Å². The highest BCUT2D eigenvalue weighted by Gasteiger charge is 2.31. The van der Waals surface area contributed by atoms with Crippen LogP contribution < -0.4 is 15.6 Å². The third-order valence-electron chi connectivity index (χ3n) is 5.23. The molecule has 2 aromatic heterocycles. The van der Waals surface area contributed by atoms with Gasteiger partial charge in [-0.15, -0.1) is 13.2 Å². The zero-order valence-electron chi connectivity index (χ0n) is 17.1. The molecule has 0 spiro atoms. The summed E-state index contributed by atoms with van der Waals surface area (Å²) in [6.45, 7) is 0. The number of benzene rings is 1. The molecule has 0 aliphatic heterocycles. The van der Waals surface area contributed by atoms with Gasteiger partial charge < -0.3 is 15.2 Å². The molecule has 1 aliphatic carbocycles. The lowest BCUT2D eigenvalue weighted by molar-refractivity contribution is -0.274. The fraction of sp³-hybridized carbons (Fsp3) is 0.273. The average molecular weight is 460 g/mol. The Morgan fingerprint density at radius 2 is 1.94 bits per heavy atom. The smallest absolute Gasteiger partial charge is 0.406 e. The molecule has 0 radical (unpaired) electrons. The Kier molecular flexibility index (Phi) is 6.14. The number of ether oxygens (including phenoxy) is 1. The van der Waals surface area contributed by atoms with Crippen molar-refractivity contribution in [1.82, 2.24) is 20.1 Å². The van der Waals surface area contributed by atoms with E-state index in [-0.39, 0.29) is 11.3 Å². The SMILES string of the molecule is O=C(NC1CCCC1O)c1cc(-c2ccc(OC(F)(F)F)cc2)nn(-c2cccnc2)c1=O. The normalized spacial score (nSPS) is 18.2. The molecule has 0 bridgehead atoms. The summed E-state index contributed by atoms with van der Waals surface area (Å²) in [6, 6.07) is 8.86. The quantitative estimate of drug-likeness (QED) is 0.607. The molecule has 0 saturated heterocycles. The molecule has 2 unspecified atom stereocenters. The fourth-order valence-corrected chi connectivity index (χ4v) is 3.63. The molecule has 1 aliphatic rings. The van der Waals surface area contributed by atoms with Crippen molar-refractivity contribution < 1.29 is 27.8 Å². The minimum absolute atomic E-state index is 0.175. The van der Waals surface area contributed by atoms with E-state index in [1.807, 2.05) is 0 Å². The Bertz CT molecular complexity index is 1200. The summed E-state index contributed by atoms with van der Waals surface area (Å²) >= 11 is 0. The molecule has 2 atom stereocenters. The predicted molar refractivity (Wildman–Crippen MR) is 111 cm³/mol. The van der Waals surface area contributed by atoms with Crippen molar-refractivity contribution in [3.63, 3.8) is 0 Å². The van der Waals surface area contributed by atoms with Crippen LogP contribution >= 0.6 is 0 Å². The van der Waals surface area contributed by atoms with Crippen molar-refractivity contribution in [2.24, 2.45) is 0 Å². The van der Waals surface area contributed by atoms with E-state index in [4.69, 9.17) is 0 Å². The Labute approximate surface area is 185 Å². The molecule has 2 N–H and O–H groups in total. The minimum atomic E-state index is -4.83. The Morgan fingerprint density at radius 3 is 2.55 bits per heavy atom. The van der Waals surface area contributed by atoms with Crippen molar-refractivity contribution in [3.05, 3.63) is 70.8 Å². The zero-order chi connectivity index (χ0) is 23.6.